The summed E-state index contributed by atoms with van der Waals surface area (Å²) in [5, 5.41) is 12.3. The molecule has 0 spiro atoms. The van der Waals surface area contributed by atoms with Crippen LogP contribution in [-0.2, 0) is 0 Å². The van der Waals surface area contributed by atoms with E-state index in [1.807, 2.05) is 0 Å². The van der Waals surface area contributed by atoms with Crippen LogP contribution in [0.2, 0.25) is 0 Å². The monoisotopic (exact) mass is 285 g/mol. The molecule has 2 N–H and O–H groups in total. The molecule has 0 saturated carbocycles. The van der Waals surface area contributed by atoms with Crippen molar-refractivity contribution in [2.45, 2.75) is 26.4 Å². The van der Waals surface area contributed by atoms with Crippen molar-refractivity contribution in [3.63, 3.8) is 0 Å². The van der Waals surface area contributed by atoms with Gasteiger partial charge in [0.05, 0.1) is 5.60 Å². The number of amides is 1. The second kappa shape index (κ2) is 6.91. The van der Waals surface area contributed by atoms with Crippen molar-refractivity contribution in [3.8, 4) is 0 Å². The highest BCUT2D eigenvalue weighted by atomic mass is 32.2. The van der Waals surface area contributed by atoms with E-state index in [0.717, 1.165) is 5.75 Å². The van der Waals surface area contributed by atoms with Crippen LogP contribution in [0.1, 0.15) is 29.8 Å². The summed E-state index contributed by atoms with van der Waals surface area (Å²) < 4.78 is 13.1. The molecule has 19 heavy (non-hydrogen) atoms. The van der Waals surface area contributed by atoms with Crippen LogP contribution in [0.25, 0.3) is 0 Å². The summed E-state index contributed by atoms with van der Waals surface area (Å²) >= 11 is 1.58. The van der Waals surface area contributed by atoms with Gasteiger partial charge in [-0.2, -0.15) is 11.8 Å². The molecule has 0 aliphatic rings. The molecule has 0 bridgehead atoms. The molecule has 0 heterocycles. The topological polar surface area (TPSA) is 49.3 Å². The normalized spacial score (nSPS) is 11.4. The lowest BCUT2D eigenvalue weighted by Crippen LogP contribution is -2.27. The maximum absolute atomic E-state index is 13.1. The van der Waals surface area contributed by atoms with Crippen LogP contribution < -0.4 is 5.32 Å². The Bertz CT molecular complexity index is 444. The summed E-state index contributed by atoms with van der Waals surface area (Å²) in [6, 6.07) is 4.31. The van der Waals surface area contributed by atoms with Crippen molar-refractivity contribution in [3.05, 3.63) is 35.1 Å². The van der Waals surface area contributed by atoms with Gasteiger partial charge >= 0.3 is 0 Å². The molecule has 1 aromatic rings. The minimum Gasteiger partial charge on any atom is -0.390 e. The van der Waals surface area contributed by atoms with Gasteiger partial charge in [0.25, 0.3) is 5.91 Å². The van der Waals surface area contributed by atoms with Crippen LogP contribution in [0.15, 0.2) is 18.2 Å². The number of hydrogen-bond donors (Lipinski definition) is 2. The Hall–Kier alpha value is -1.07. The average molecular weight is 285 g/mol. The van der Waals surface area contributed by atoms with Gasteiger partial charge in [0.1, 0.15) is 5.82 Å². The molecule has 0 atom stereocenters. The molecule has 0 unspecified atom stereocenters. The summed E-state index contributed by atoms with van der Waals surface area (Å²) in [4.78, 5) is 11.8. The molecule has 1 rings (SSSR count). The molecule has 0 aromatic heterocycles. The van der Waals surface area contributed by atoms with Crippen LogP contribution in [0.4, 0.5) is 4.39 Å². The molecule has 0 saturated heterocycles. The van der Waals surface area contributed by atoms with Crippen LogP contribution in [0.5, 0.6) is 0 Å². The van der Waals surface area contributed by atoms with Crippen molar-refractivity contribution in [1.29, 1.82) is 0 Å². The minimum atomic E-state index is -0.692. The van der Waals surface area contributed by atoms with E-state index in [1.165, 1.54) is 18.2 Å². The Labute approximate surface area is 117 Å². The second-order valence-corrected chi connectivity index (χ2v) is 6.19. The van der Waals surface area contributed by atoms with Gasteiger partial charge in [0, 0.05) is 23.6 Å². The van der Waals surface area contributed by atoms with E-state index in [2.05, 4.69) is 5.32 Å². The number of hydrogen-bond acceptors (Lipinski definition) is 3. The van der Waals surface area contributed by atoms with Crippen LogP contribution in [-0.4, -0.2) is 34.7 Å². The van der Waals surface area contributed by atoms with Gasteiger partial charge in [-0.05, 0) is 44.5 Å². The molecule has 0 aliphatic heterocycles. The van der Waals surface area contributed by atoms with Gasteiger partial charge in [-0.25, -0.2) is 4.39 Å². The number of benzene rings is 1. The van der Waals surface area contributed by atoms with Crippen LogP contribution >= 0.6 is 11.8 Å². The van der Waals surface area contributed by atoms with E-state index in [0.29, 0.717) is 23.4 Å². The molecule has 1 aromatic carbocycles. The Kier molecular flexibility index (Phi) is 5.82. The second-order valence-electron chi connectivity index (χ2n) is 5.08. The Morgan fingerprint density at radius 1 is 1.47 bits per heavy atom. The zero-order valence-corrected chi connectivity index (χ0v) is 12.3. The number of thioether (sulfide) groups is 1. The third-order valence-electron chi connectivity index (χ3n) is 2.41. The maximum Gasteiger partial charge on any atom is 0.251 e. The van der Waals surface area contributed by atoms with E-state index in [4.69, 9.17) is 0 Å². The zero-order chi connectivity index (χ0) is 14.5. The standard InChI is InChI=1S/C14H20FNO2S/c1-10-8-11(4-5-12(10)15)13(17)16-6-7-19-9-14(2,3)18/h4-5,8,18H,6-7,9H2,1-3H3,(H,16,17). The Morgan fingerprint density at radius 2 is 2.16 bits per heavy atom. The van der Waals surface area contributed by atoms with Gasteiger partial charge in [0.2, 0.25) is 0 Å². The molecular formula is C14H20FNO2S. The van der Waals surface area contributed by atoms with Crippen molar-refractivity contribution in [2.24, 2.45) is 0 Å². The average Bonchev–Trinajstić information content (AvgIpc) is 2.30. The number of carbonyl (C=O) groups excluding carboxylic acids is 1. The van der Waals surface area contributed by atoms with Crippen molar-refractivity contribution < 1.29 is 14.3 Å². The molecule has 5 heteroatoms. The van der Waals surface area contributed by atoms with E-state index in [9.17, 15) is 14.3 Å². The quantitative estimate of drug-likeness (QED) is 0.789. The summed E-state index contributed by atoms with van der Waals surface area (Å²) in [6.45, 7) is 5.65. The summed E-state index contributed by atoms with van der Waals surface area (Å²) in [5.74, 6) is 0.846. The number of rotatable bonds is 6. The lowest BCUT2D eigenvalue weighted by molar-refractivity contribution is 0.0956. The van der Waals surface area contributed by atoms with Crippen LogP contribution in [0.3, 0.4) is 0 Å². The number of aryl methyl sites for hydroxylation is 1. The third kappa shape index (κ3) is 6.07. The molecular weight excluding hydrogens is 265 g/mol. The SMILES string of the molecule is Cc1cc(C(=O)NCCSCC(C)(C)O)ccc1F. The summed E-state index contributed by atoms with van der Waals surface area (Å²) in [6.07, 6.45) is 0. The van der Waals surface area contributed by atoms with Gasteiger partial charge in [-0.15, -0.1) is 0 Å². The molecule has 106 valence electrons. The van der Waals surface area contributed by atoms with Gasteiger partial charge in [0.15, 0.2) is 0 Å². The first-order valence-electron chi connectivity index (χ1n) is 6.14. The van der Waals surface area contributed by atoms with Crippen LogP contribution in [0, 0.1) is 12.7 Å². The fraction of sp³-hybridized carbons (Fsp3) is 0.500. The number of aliphatic hydroxyl groups is 1. The number of carbonyl (C=O) groups is 1. The zero-order valence-electron chi connectivity index (χ0n) is 11.5. The Morgan fingerprint density at radius 3 is 2.74 bits per heavy atom. The molecule has 1 amide bonds. The largest absolute Gasteiger partial charge is 0.390 e. The lowest BCUT2D eigenvalue weighted by atomic mass is 10.1. The smallest absolute Gasteiger partial charge is 0.251 e. The number of halogens is 1. The highest BCUT2D eigenvalue weighted by Crippen LogP contribution is 2.11. The first-order valence-corrected chi connectivity index (χ1v) is 7.29. The van der Waals surface area contributed by atoms with Gasteiger partial charge in [-0.1, -0.05) is 0 Å². The lowest BCUT2D eigenvalue weighted by Gasteiger charge is -2.16. The van der Waals surface area contributed by atoms with Gasteiger partial charge in [-0.3, -0.25) is 4.79 Å². The third-order valence-corrected chi connectivity index (χ3v) is 3.81. The predicted octanol–water partition coefficient (Wildman–Crippen LogP) is 2.37. The van der Waals surface area contributed by atoms with Crippen molar-refractivity contribution in [2.75, 3.05) is 18.1 Å². The van der Waals surface area contributed by atoms with Crippen molar-refractivity contribution >= 4 is 17.7 Å². The van der Waals surface area contributed by atoms with E-state index < -0.39 is 5.60 Å². The fourth-order valence-corrected chi connectivity index (χ4v) is 2.34. The number of nitrogens with one attached hydrogen (secondary N) is 1. The molecule has 0 fully saturated rings. The van der Waals surface area contributed by atoms with E-state index in [1.54, 1.807) is 32.5 Å². The van der Waals surface area contributed by atoms with E-state index in [-0.39, 0.29) is 11.7 Å². The summed E-state index contributed by atoms with van der Waals surface area (Å²) in [7, 11) is 0. The molecule has 3 nitrogen and oxygen atoms in total. The van der Waals surface area contributed by atoms with Gasteiger partial charge < -0.3 is 10.4 Å². The van der Waals surface area contributed by atoms with Crippen molar-refractivity contribution in [1.82, 2.24) is 5.32 Å². The first kappa shape index (κ1) is 16.0. The molecule has 0 aliphatic carbocycles. The fourth-order valence-electron chi connectivity index (χ4n) is 1.45. The van der Waals surface area contributed by atoms with E-state index >= 15 is 0 Å². The Balaban J connectivity index is 2.33. The summed E-state index contributed by atoms with van der Waals surface area (Å²) in [5.41, 5.74) is 0.235. The highest BCUT2D eigenvalue weighted by Gasteiger charge is 2.12. The maximum atomic E-state index is 13.1. The predicted molar refractivity (Wildman–Crippen MR) is 77.1 cm³/mol. The first-order chi connectivity index (χ1) is 8.79. The minimum absolute atomic E-state index is 0.202. The highest BCUT2D eigenvalue weighted by molar-refractivity contribution is 7.99. The molecule has 0 radical (unpaired) electrons.